The first-order valence-electron chi connectivity index (χ1n) is 13.8. The van der Waals surface area contributed by atoms with Crippen LogP contribution in [0, 0.1) is 0 Å². The highest BCUT2D eigenvalue weighted by Crippen LogP contribution is 2.32. The highest BCUT2D eigenvalue weighted by Gasteiger charge is 2.20. The largest absolute Gasteiger partial charge is 0.508 e. The van der Waals surface area contributed by atoms with Gasteiger partial charge in [0.05, 0.1) is 19.6 Å². The number of rotatable bonds is 10. The number of hydrogen-bond acceptors (Lipinski definition) is 13. The average Bonchev–Trinajstić information content (AvgIpc) is 3.07. The Balaban J connectivity index is 1.26. The summed E-state index contributed by atoms with van der Waals surface area (Å²) >= 11 is 1.13. The van der Waals surface area contributed by atoms with E-state index in [1.54, 1.807) is 12.1 Å². The van der Waals surface area contributed by atoms with E-state index in [9.17, 15) is 32.2 Å². The van der Waals surface area contributed by atoms with Gasteiger partial charge in [-0.05, 0) is 133 Å². The lowest BCUT2D eigenvalue weighted by Gasteiger charge is -2.10. The third-order valence-electron chi connectivity index (χ3n) is 6.60. The molecule has 242 valence electrons. The second-order valence-electron chi connectivity index (χ2n) is 9.92. The lowest BCUT2D eigenvalue weighted by molar-refractivity contribution is 0.387. The summed E-state index contributed by atoms with van der Waals surface area (Å²) in [5, 5.41) is 28.8. The molecule has 0 aliphatic heterocycles. The highest BCUT2D eigenvalue weighted by atomic mass is 32.2. The zero-order valence-electron chi connectivity index (χ0n) is 24.4. The predicted octanol–water partition coefficient (Wildman–Crippen LogP) is 6.39. The van der Waals surface area contributed by atoms with Crippen LogP contribution in [0.5, 0.6) is 40.8 Å². The quantitative estimate of drug-likeness (QED) is 0.143. The molecule has 0 bridgehead atoms. The Kier molecular flexibility index (Phi) is 8.90. The lowest BCUT2D eigenvalue weighted by atomic mass is 10.3. The molecule has 0 saturated carbocycles. The molecule has 5 aromatic carbocycles. The summed E-state index contributed by atoms with van der Waals surface area (Å²) in [6, 6.07) is 27.4. The number of sulfone groups is 2. The number of phenolic OH excluding ortho intramolecular Hbond substituents is 3. The Bertz CT molecular complexity index is 2140. The van der Waals surface area contributed by atoms with Crippen molar-refractivity contribution in [3.8, 4) is 40.8 Å². The maximum absolute atomic E-state index is 13.0. The van der Waals surface area contributed by atoms with E-state index in [2.05, 4.69) is 15.0 Å². The molecule has 0 aliphatic carbocycles. The first kappa shape index (κ1) is 32.3. The minimum atomic E-state index is -3.86. The first-order valence-corrected chi connectivity index (χ1v) is 17.6. The van der Waals surface area contributed by atoms with Crippen LogP contribution in [-0.2, 0) is 19.7 Å². The van der Waals surface area contributed by atoms with Gasteiger partial charge in [0.1, 0.15) is 28.7 Å². The van der Waals surface area contributed by atoms with Crippen molar-refractivity contribution in [2.24, 2.45) is 0 Å². The Hall–Kier alpha value is -5.64. The van der Waals surface area contributed by atoms with E-state index < -0.39 is 19.7 Å². The topological polar surface area (TPSA) is 186 Å². The van der Waals surface area contributed by atoms with Crippen molar-refractivity contribution in [3.05, 3.63) is 121 Å². The summed E-state index contributed by atoms with van der Waals surface area (Å²) in [6.45, 7) is 0. The molecule has 0 fully saturated rings. The van der Waals surface area contributed by atoms with E-state index in [4.69, 9.17) is 9.47 Å². The Morgan fingerprint density at radius 1 is 0.438 bits per heavy atom. The Morgan fingerprint density at radius 2 is 0.750 bits per heavy atom. The second-order valence-corrected chi connectivity index (χ2v) is 14.9. The van der Waals surface area contributed by atoms with E-state index in [1.165, 1.54) is 109 Å². The maximum atomic E-state index is 13.0. The third kappa shape index (κ3) is 7.33. The molecule has 6 rings (SSSR count). The number of ether oxygens (including phenoxy) is 2. The summed E-state index contributed by atoms with van der Waals surface area (Å²) in [5.41, 5.74) is 0. The zero-order chi connectivity index (χ0) is 33.9. The van der Waals surface area contributed by atoms with Crippen molar-refractivity contribution in [1.82, 2.24) is 15.0 Å². The van der Waals surface area contributed by atoms with Gasteiger partial charge in [-0.2, -0.15) is 9.97 Å². The van der Waals surface area contributed by atoms with Crippen molar-refractivity contribution in [2.45, 2.75) is 29.6 Å². The minimum absolute atomic E-state index is 0.000318. The van der Waals surface area contributed by atoms with Gasteiger partial charge in [0.2, 0.25) is 24.8 Å². The molecule has 1 heterocycles. The van der Waals surface area contributed by atoms with Crippen molar-refractivity contribution in [3.63, 3.8) is 0 Å². The van der Waals surface area contributed by atoms with Crippen LogP contribution >= 0.6 is 11.8 Å². The van der Waals surface area contributed by atoms with Gasteiger partial charge in [-0.1, -0.05) is 0 Å². The number of benzene rings is 5. The van der Waals surface area contributed by atoms with Gasteiger partial charge < -0.3 is 24.8 Å². The summed E-state index contributed by atoms with van der Waals surface area (Å²) in [7, 11) is -7.72. The molecule has 3 N–H and O–H groups in total. The molecule has 0 amide bonds. The Morgan fingerprint density at radius 3 is 1.10 bits per heavy atom. The maximum Gasteiger partial charge on any atom is 0.329 e. The van der Waals surface area contributed by atoms with Crippen LogP contribution in [0.25, 0.3) is 0 Å². The van der Waals surface area contributed by atoms with Gasteiger partial charge >= 0.3 is 12.0 Å². The number of nitrogens with zero attached hydrogens (tertiary/aromatic N) is 3. The SMILES string of the molecule is O=S(=O)(c1ccc(O)cc1)c1ccc(Oc2nc(Oc3ccc(S(=O)(=O)c4ccc(O)cc4)cc3)nc(Sc3ccc(O)cc3)n2)cc1. The fourth-order valence-corrected chi connectivity index (χ4v) is 7.44. The number of aromatic nitrogens is 3. The van der Waals surface area contributed by atoms with E-state index in [1.807, 2.05) is 0 Å². The van der Waals surface area contributed by atoms with Crippen LogP contribution in [-0.4, -0.2) is 47.1 Å². The predicted molar refractivity (Wildman–Crippen MR) is 172 cm³/mol. The van der Waals surface area contributed by atoms with Crippen LogP contribution in [0.1, 0.15) is 0 Å². The number of hydrogen-bond donors (Lipinski definition) is 3. The molecular weight excluding hydrogens is 679 g/mol. The molecule has 12 nitrogen and oxygen atoms in total. The van der Waals surface area contributed by atoms with Gasteiger partial charge in [0.15, 0.2) is 0 Å². The van der Waals surface area contributed by atoms with E-state index in [0.717, 1.165) is 11.8 Å². The van der Waals surface area contributed by atoms with Gasteiger partial charge in [0, 0.05) is 4.90 Å². The molecule has 0 unspecified atom stereocenters. The highest BCUT2D eigenvalue weighted by molar-refractivity contribution is 7.99. The van der Waals surface area contributed by atoms with Gasteiger partial charge in [-0.3, -0.25) is 0 Å². The zero-order valence-corrected chi connectivity index (χ0v) is 26.9. The van der Waals surface area contributed by atoms with E-state index >= 15 is 0 Å². The van der Waals surface area contributed by atoms with Gasteiger partial charge in [-0.25, -0.2) is 16.8 Å². The van der Waals surface area contributed by atoms with Crippen LogP contribution < -0.4 is 9.47 Å². The Labute approximate surface area is 278 Å². The summed E-state index contributed by atoms with van der Waals surface area (Å²) in [4.78, 5) is 13.6. The summed E-state index contributed by atoms with van der Waals surface area (Å²) in [6.07, 6.45) is 0. The molecule has 48 heavy (non-hydrogen) atoms. The molecule has 0 spiro atoms. The van der Waals surface area contributed by atoms with Crippen LogP contribution in [0.15, 0.2) is 151 Å². The van der Waals surface area contributed by atoms with Crippen molar-refractivity contribution >= 4 is 31.4 Å². The van der Waals surface area contributed by atoms with Crippen molar-refractivity contribution in [2.75, 3.05) is 0 Å². The molecule has 1 aromatic heterocycles. The first-order chi connectivity index (χ1) is 23.0. The molecule has 0 radical (unpaired) electrons. The second kappa shape index (κ2) is 13.2. The van der Waals surface area contributed by atoms with Crippen LogP contribution in [0.3, 0.4) is 0 Å². The van der Waals surface area contributed by atoms with Gasteiger partial charge in [0.25, 0.3) is 0 Å². The molecule has 6 aromatic rings. The van der Waals surface area contributed by atoms with E-state index in [-0.39, 0.29) is 65.5 Å². The molecule has 0 saturated heterocycles. The molecule has 0 aliphatic rings. The molecule has 0 atom stereocenters. The smallest absolute Gasteiger partial charge is 0.329 e. The van der Waals surface area contributed by atoms with Crippen molar-refractivity contribution < 1.29 is 41.6 Å². The van der Waals surface area contributed by atoms with Crippen LogP contribution in [0.2, 0.25) is 0 Å². The summed E-state index contributed by atoms with van der Waals surface area (Å²) < 4.78 is 63.7. The van der Waals surface area contributed by atoms with Gasteiger partial charge in [-0.15, -0.1) is 4.98 Å². The fraction of sp³-hybridized carbons (Fsp3) is 0. The van der Waals surface area contributed by atoms with Crippen LogP contribution in [0.4, 0.5) is 0 Å². The monoisotopic (exact) mass is 701 g/mol. The standard InChI is InChI=1S/C33H23N3O9S3/c37-21-1-11-26(12-2-21)46-33-35-31(44-24-7-17-29(18-8-24)47(40,41)27-13-3-22(38)4-14-27)34-32(36-33)45-25-9-19-30(20-10-25)48(42,43)28-15-5-23(39)6-16-28/h1-20,37-39H. The lowest BCUT2D eigenvalue weighted by Crippen LogP contribution is -2.03. The third-order valence-corrected chi connectivity index (χ3v) is 11.0. The minimum Gasteiger partial charge on any atom is -0.508 e. The summed E-state index contributed by atoms with van der Waals surface area (Å²) in [5.74, 6) is 0.381. The van der Waals surface area contributed by atoms with E-state index in [0.29, 0.717) is 4.90 Å². The van der Waals surface area contributed by atoms with Crippen molar-refractivity contribution in [1.29, 1.82) is 0 Å². The molecular formula is C33H23N3O9S3. The normalized spacial score (nSPS) is 11.6. The molecule has 15 heteroatoms. The fourth-order valence-electron chi connectivity index (χ4n) is 4.18. The number of phenols is 3. The average molecular weight is 702 g/mol. The number of aromatic hydroxyl groups is 3.